The number of carboxylic acid groups (broad SMARTS) is 1. The number of nitrogens with zero attached hydrogens (tertiary/aromatic N) is 2. The maximum Gasteiger partial charge on any atom is 0.344 e. The number of carbonyl (C=O) groups excluding carboxylic acids is 1. The number of hydrogen-bond donors (Lipinski definition) is 1. The van der Waals surface area contributed by atoms with E-state index >= 15 is 0 Å². The molecule has 0 spiro atoms. The Balaban J connectivity index is 1.88. The van der Waals surface area contributed by atoms with Gasteiger partial charge in [0.2, 0.25) is 0 Å². The van der Waals surface area contributed by atoms with Crippen LogP contribution < -0.4 is 9.47 Å². The molecule has 9 heteroatoms. The molecule has 1 heterocycles. The van der Waals surface area contributed by atoms with Gasteiger partial charge in [0.25, 0.3) is 5.91 Å². The predicted octanol–water partition coefficient (Wildman–Crippen LogP) is 4.19. The van der Waals surface area contributed by atoms with Gasteiger partial charge in [0.15, 0.2) is 22.8 Å². The van der Waals surface area contributed by atoms with Crippen molar-refractivity contribution in [3.05, 3.63) is 59.0 Å². The number of carbonyl (C=O) groups is 2. The van der Waals surface area contributed by atoms with Crippen molar-refractivity contribution >= 4 is 40.6 Å². The van der Waals surface area contributed by atoms with Gasteiger partial charge in [0.1, 0.15) is 0 Å². The minimum Gasteiger partial charge on any atom is -0.493 e. The molecule has 1 saturated heterocycles. The minimum atomic E-state index is -1.08. The van der Waals surface area contributed by atoms with Gasteiger partial charge in [-0.1, -0.05) is 24.3 Å². The van der Waals surface area contributed by atoms with E-state index in [0.29, 0.717) is 46.9 Å². The van der Waals surface area contributed by atoms with Crippen molar-refractivity contribution in [1.82, 2.24) is 4.90 Å². The molecule has 2 aromatic rings. The van der Waals surface area contributed by atoms with Crippen LogP contribution >= 0.6 is 11.8 Å². The van der Waals surface area contributed by atoms with E-state index in [1.165, 1.54) is 25.8 Å². The van der Waals surface area contributed by atoms with Gasteiger partial charge in [0.05, 0.1) is 30.9 Å². The Kier molecular flexibility index (Phi) is 8.51. The van der Waals surface area contributed by atoms with Crippen molar-refractivity contribution in [2.75, 3.05) is 26.9 Å². The SMILES string of the molecule is CCOCCN1C(=O)/C(=C/c2ccc(O[C@H](C)C(=O)O)c(OC)c2)SC1=Nc1ccccc1. The first kappa shape index (κ1) is 24.3. The minimum absolute atomic E-state index is 0.159. The summed E-state index contributed by atoms with van der Waals surface area (Å²) in [5.74, 6) is -0.550. The molecule has 3 rings (SSSR count). The summed E-state index contributed by atoms with van der Waals surface area (Å²) in [5, 5.41) is 9.66. The number of aliphatic carboxylic acids is 1. The molecule has 1 aliphatic heterocycles. The van der Waals surface area contributed by atoms with E-state index in [-0.39, 0.29) is 5.91 Å². The van der Waals surface area contributed by atoms with Crippen molar-refractivity contribution in [2.45, 2.75) is 20.0 Å². The molecular weight excluding hydrogens is 444 g/mol. The van der Waals surface area contributed by atoms with Gasteiger partial charge in [-0.25, -0.2) is 9.79 Å². The number of amidine groups is 1. The number of hydrogen-bond acceptors (Lipinski definition) is 7. The molecule has 2 aromatic carbocycles. The highest BCUT2D eigenvalue weighted by molar-refractivity contribution is 8.18. The van der Waals surface area contributed by atoms with Crippen LogP contribution in [0.5, 0.6) is 11.5 Å². The molecule has 33 heavy (non-hydrogen) atoms. The van der Waals surface area contributed by atoms with Crippen LogP contribution in [0.1, 0.15) is 19.4 Å². The second-order valence-corrected chi connectivity index (χ2v) is 8.01. The fourth-order valence-corrected chi connectivity index (χ4v) is 3.99. The molecule has 174 valence electrons. The molecule has 0 bridgehead atoms. The number of thioether (sulfide) groups is 1. The van der Waals surface area contributed by atoms with Gasteiger partial charge in [0, 0.05) is 6.61 Å². The van der Waals surface area contributed by atoms with Gasteiger partial charge >= 0.3 is 5.97 Å². The van der Waals surface area contributed by atoms with Crippen LogP contribution in [0.2, 0.25) is 0 Å². The summed E-state index contributed by atoms with van der Waals surface area (Å²) in [5.41, 5.74) is 1.47. The molecule has 0 radical (unpaired) electrons. The first-order valence-electron chi connectivity index (χ1n) is 10.4. The Morgan fingerprint density at radius 1 is 1.21 bits per heavy atom. The number of para-hydroxylation sites is 1. The molecular formula is C24H26N2O6S. The van der Waals surface area contributed by atoms with E-state index in [0.717, 1.165) is 5.69 Å². The van der Waals surface area contributed by atoms with Crippen molar-refractivity contribution < 1.29 is 28.9 Å². The van der Waals surface area contributed by atoms with Crippen molar-refractivity contribution in [1.29, 1.82) is 0 Å². The summed E-state index contributed by atoms with van der Waals surface area (Å²) in [4.78, 5) is 31.0. The largest absolute Gasteiger partial charge is 0.493 e. The summed E-state index contributed by atoms with van der Waals surface area (Å²) in [7, 11) is 1.47. The lowest BCUT2D eigenvalue weighted by atomic mass is 10.2. The summed E-state index contributed by atoms with van der Waals surface area (Å²) in [6.45, 7) is 4.72. The second kappa shape index (κ2) is 11.5. The average molecular weight is 471 g/mol. The summed E-state index contributed by atoms with van der Waals surface area (Å²) < 4.78 is 16.2. The molecule has 0 aliphatic carbocycles. The summed E-state index contributed by atoms with van der Waals surface area (Å²) >= 11 is 1.29. The van der Waals surface area contributed by atoms with Gasteiger partial charge in [-0.15, -0.1) is 0 Å². The maximum absolute atomic E-state index is 13.1. The molecule has 1 N–H and O–H groups in total. The van der Waals surface area contributed by atoms with Crippen molar-refractivity contribution in [3.63, 3.8) is 0 Å². The van der Waals surface area contributed by atoms with Gasteiger partial charge in [-0.3, -0.25) is 9.69 Å². The molecule has 8 nitrogen and oxygen atoms in total. The standard InChI is InChI=1S/C24H26N2O6S/c1-4-31-13-12-26-22(27)21(33-24(26)25-18-8-6-5-7-9-18)15-17-10-11-19(20(14-17)30-3)32-16(2)23(28)29/h5-11,14-16H,4,12-13H2,1-3H3,(H,28,29)/b21-15-,25-24?/t16-/m1/s1. The average Bonchev–Trinajstić information content (AvgIpc) is 3.09. The molecule has 0 unspecified atom stereocenters. The van der Waals surface area contributed by atoms with E-state index in [4.69, 9.17) is 19.3 Å². The third-order valence-corrected chi connectivity index (χ3v) is 5.68. The summed E-state index contributed by atoms with van der Waals surface area (Å²) in [6, 6.07) is 14.5. The van der Waals surface area contributed by atoms with Crippen LogP contribution in [0.25, 0.3) is 6.08 Å². The van der Waals surface area contributed by atoms with Crippen LogP contribution in [0, 0.1) is 0 Å². The Bertz CT molecular complexity index is 1050. The third kappa shape index (κ3) is 6.36. The highest BCUT2D eigenvalue weighted by Gasteiger charge is 2.33. The van der Waals surface area contributed by atoms with Gasteiger partial charge < -0.3 is 19.3 Å². The number of carboxylic acids is 1. The third-order valence-electron chi connectivity index (χ3n) is 4.67. The zero-order valence-corrected chi connectivity index (χ0v) is 19.5. The highest BCUT2D eigenvalue weighted by atomic mass is 32.2. The zero-order chi connectivity index (χ0) is 23.8. The number of aliphatic imine (C=N–C) groups is 1. The number of rotatable bonds is 10. The molecule has 0 aromatic heterocycles. The van der Waals surface area contributed by atoms with E-state index in [1.54, 1.807) is 29.2 Å². The van der Waals surface area contributed by atoms with Crippen molar-refractivity contribution in [3.8, 4) is 11.5 Å². The number of methoxy groups -OCH3 is 1. The van der Waals surface area contributed by atoms with Crippen LogP contribution in [-0.2, 0) is 14.3 Å². The Morgan fingerprint density at radius 3 is 2.64 bits per heavy atom. The number of ether oxygens (including phenoxy) is 3. The lowest BCUT2D eigenvalue weighted by molar-refractivity contribution is -0.144. The molecule has 0 saturated carbocycles. The van der Waals surface area contributed by atoms with E-state index in [9.17, 15) is 9.59 Å². The van der Waals surface area contributed by atoms with Crippen LogP contribution in [-0.4, -0.2) is 60.0 Å². The van der Waals surface area contributed by atoms with E-state index in [2.05, 4.69) is 4.99 Å². The Morgan fingerprint density at radius 2 is 1.97 bits per heavy atom. The lowest BCUT2D eigenvalue weighted by Crippen LogP contribution is -2.32. The lowest BCUT2D eigenvalue weighted by Gasteiger charge is -2.15. The van der Waals surface area contributed by atoms with Gasteiger partial charge in [-0.2, -0.15) is 0 Å². The summed E-state index contributed by atoms with van der Waals surface area (Å²) in [6.07, 6.45) is 0.729. The Hall–Kier alpha value is -3.30. The highest BCUT2D eigenvalue weighted by Crippen LogP contribution is 2.36. The van der Waals surface area contributed by atoms with Crippen LogP contribution in [0.4, 0.5) is 5.69 Å². The van der Waals surface area contributed by atoms with Crippen LogP contribution in [0.3, 0.4) is 0 Å². The smallest absolute Gasteiger partial charge is 0.344 e. The maximum atomic E-state index is 13.1. The van der Waals surface area contributed by atoms with Gasteiger partial charge in [-0.05, 0) is 61.5 Å². The number of amides is 1. The molecule has 1 aliphatic rings. The van der Waals surface area contributed by atoms with E-state index in [1.807, 2.05) is 37.3 Å². The number of benzene rings is 2. The first-order chi connectivity index (χ1) is 15.9. The van der Waals surface area contributed by atoms with Crippen molar-refractivity contribution in [2.24, 2.45) is 4.99 Å². The topological polar surface area (TPSA) is 97.7 Å². The fraction of sp³-hybridized carbons (Fsp3) is 0.292. The second-order valence-electron chi connectivity index (χ2n) is 7.00. The first-order valence-corrected chi connectivity index (χ1v) is 11.2. The molecule has 1 atom stereocenters. The molecule has 1 fully saturated rings. The monoisotopic (exact) mass is 470 g/mol. The molecule has 1 amide bonds. The quantitative estimate of drug-likeness (QED) is 0.411. The van der Waals surface area contributed by atoms with Crippen LogP contribution in [0.15, 0.2) is 58.4 Å². The zero-order valence-electron chi connectivity index (χ0n) is 18.7. The van der Waals surface area contributed by atoms with E-state index < -0.39 is 12.1 Å². The fourth-order valence-electron chi connectivity index (χ4n) is 2.97. The predicted molar refractivity (Wildman–Crippen MR) is 128 cm³/mol. The Labute approximate surface area is 196 Å². The normalized spacial score (nSPS) is 16.9.